The monoisotopic (exact) mass is 469 g/mol. The van der Waals surface area contributed by atoms with Gasteiger partial charge in [0.2, 0.25) is 0 Å². The second-order valence-electron chi connectivity index (χ2n) is 9.94. The molecule has 178 valence electrons. The molecule has 0 spiro atoms. The first kappa shape index (κ1) is 23.6. The minimum atomic E-state index is -0.528. The molecule has 36 heavy (non-hydrogen) atoms. The lowest BCUT2D eigenvalue weighted by molar-refractivity contribution is -0.114. The maximum atomic E-state index is 13.0. The van der Waals surface area contributed by atoms with E-state index in [9.17, 15) is 4.79 Å². The van der Waals surface area contributed by atoms with Crippen LogP contribution in [-0.4, -0.2) is 11.4 Å². The van der Waals surface area contributed by atoms with E-state index in [2.05, 4.69) is 143 Å². The lowest BCUT2D eigenvalue weighted by atomic mass is 9.64. The van der Waals surface area contributed by atoms with Gasteiger partial charge in [-0.05, 0) is 66.8 Å². The van der Waals surface area contributed by atoms with Gasteiger partial charge in [0.25, 0.3) is 5.91 Å². The standard InChI is InChI=1S/C34H31NO/c1-5-32(36)35-31-22-21-29(23-30(31)25(2)24-33(35,3)4)34(26-15-9-6-10-16-26,27-17-11-7-12-18-27)28-19-13-8-14-20-28/h5-24H,1H2,2-4H3. The molecule has 2 nitrogen and oxygen atoms in total. The average Bonchev–Trinajstić information content (AvgIpc) is 2.90. The van der Waals surface area contributed by atoms with Gasteiger partial charge in [-0.2, -0.15) is 0 Å². The highest BCUT2D eigenvalue weighted by Gasteiger charge is 2.40. The number of hydrogen-bond donors (Lipinski definition) is 0. The van der Waals surface area contributed by atoms with Crippen LogP contribution in [0.3, 0.4) is 0 Å². The third-order valence-corrected chi connectivity index (χ3v) is 7.26. The fourth-order valence-corrected chi connectivity index (χ4v) is 5.82. The molecular weight excluding hydrogens is 438 g/mol. The fourth-order valence-electron chi connectivity index (χ4n) is 5.82. The van der Waals surface area contributed by atoms with Crippen LogP contribution in [0.2, 0.25) is 0 Å². The van der Waals surface area contributed by atoms with E-state index < -0.39 is 11.0 Å². The van der Waals surface area contributed by atoms with Crippen LogP contribution in [0.1, 0.15) is 48.6 Å². The summed E-state index contributed by atoms with van der Waals surface area (Å²) < 4.78 is 0. The molecule has 1 aliphatic rings. The highest BCUT2D eigenvalue weighted by molar-refractivity contribution is 6.06. The number of carbonyl (C=O) groups excluding carboxylic acids is 1. The van der Waals surface area contributed by atoms with Gasteiger partial charge in [0.05, 0.1) is 16.6 Å². The topological polar surface area (TPSA) is 20.3 Å². The van der Waals surface area contributed by atoms with Crippen molar-refractivity contribution < 1.29 is 4.79 Å². The summed E-state index contributed by atoms with van der Waals surface area (Å²) in [7, 11) is 0. The lowest BCUT2D eigenvalue weighted by Gasteiger charge is -2.42. The number of anilines is 1. The molecular formula is C34H31NO. The SMILES string of the molecule is C=CC(=O)N1c2ccc(C(c3ccccc3)(c3ccccc3)c3ccccc3)cc2C(C)=CC1(C)C. The van der Waals surface area contributed by atoms with Crippen molar-refractivity contribution in [3.8, 4) is 0 Å². The number of amides is 1. The first-order valence-corrected chi connectivity index (χ1v) is 12.4. The van der Waals surface area contributed by atoms with Gasteiger partial charge in [-0.15, -0.1) is 0 Å². The average molecular weight is 470 g/mol. The molecule has 0 unspecified atom stereocenters. The first-order valence-electron chi connectivity index (χ1n) is 12.4. The van der Waals surface area contributed by atoms with Gasteiger partial charge in [-0.1, -0.05) is 110 Å². The van der Waals surface area contributed by atoms with E-state index in [0.717, 1.165) is 22.4 Å². The largest absolute Gasteiger partial charge is 0.299 e. The third-order valence-electron chi connectivity index (χ3n) is 7.26. The molecule has 0 saturated heterocycles. The van der Waals surface area contributed by atoms with E-state index in [4.69, 9.17) is 0 Å². The summed E-state index contributed by atoms with van der Waals surface area (Å²) in [5.41, 5.74) is 6.90. The molecule has 1 amide bonds. The minimum Gasteiger partial charge on any atom is -0.299 e. The Labute approximate surface area is 214 Å². The molecule has 1 aliphatic heterocycles. The van der Waals surface area contributed by atoms with Gasteiger partial charge >= 0.3 is 0 Å². The number of rotatable bonds is 5. The number of nitrogens with zero attached hydrogens (tertiary/aromatic N) is 1. The molecule has 0 aromatic heterocycles. The maximum absolute atomic E-state index is 13.0. The quantitative estimate of drug-likeness (QED) is 0.216. The van der Waals surface area contributed by atoms with Gasteiger partial charge in [-0.3, -0.25) is 9.69 Å². The molecule has 4 aromatic carbocycles. The number of fused-ring (bicyclic) bond motifs is 1. The van der Waals surface area contributed by atoms with Gasteiger partial charge in [0.1, 0.15) is 0 Å². The smallest absolute Gasteiger partial charge is 0.251 e. The van der Waals surface area contributed by atoms with Crippen molar-refractivity contribution in [1.82, 2.24) is 0 Å². The van der Waals surface area contributed by atoms with Crippen LogP contribution in [0.25, 0.3) is 5.57 Å². The molecule has 0 N–H and O–H groups in total. The molecule has 1 heterocycles. The molecule has 0 atom stereocenters. The molecule has 0 aliphatic carbocycles. The van der Waals surface area contributed by atoms with Crippen molar-refractivity contribution in [2.24, 2.45) is 0 Å². The summed E-state index contributed by atoms with van der Waals surface area (Å²) in [5, 5.41) is 0. The summed E-state index contributed by atoms with van der Waals surface area (Å²) in [6.07, 6.45) is 3.58. The highest BCUT2D eigenvalue weighted by Crippen LogP contribution is 2.48. The summed E-state index contributed by atoms with van der Waals surface area (Å²) in [6.45, 7) is 10.0. The predicted molar refractivity (Wildman–Crippen MR) is 150 cm³/mol. The summed E-state index contributed by atoms with van der Waals surface area (Å²) >= 11 is 0. The maximum Gasteiger partial charge on any atom is 0.251 e. The number of benzene rings is 4. The summed E-state index contributed by atoms with van der Waals surface area (Å²) in [5.74, 6) is -0.0989. The zero-order valence-corrected chi connectivity index (χ0v) is 21.1. The van der Waals surface area contributed by atoms with Crippen molar-refractivity contribution >= 4 is 17.2 Å². The zero-order chi connectivity index (χ0) is 25.3. The van der Waals surface area contributed by atoms with Crippen molar-refractivity contribution in [2.75, 3.05) is 4.90 Å². The van der Waals surface area contributed by atoms with Crippen LogP contribution in [-0.2, 0) is 10.2 Å². The molecule has 4 aromatic rings. The number of allylic oxidation sites excluding steroid dienone is 1. The minimum absolute atomic E-state index is 0.0989. The molecule has 0 fully saturated rings. The Morgan fingerprint density at radius 1 is 0.750 bits per heavy atom. The van der Waals surface area contributed by atoms with Gasteiger partial charge < -0.3 is 0 Å². The molecule has 0 saturated carbocycles. The Kier molecular flexibility index (Phi) is 5.97. The summed E-state index contributed by atoms with van der Waals surface area (Å²) in [6, 6.07) is 38.6. The van der Waals surface area contributed by atoms with Crippen LogP contribution in [0.4, 0.5) is 5.69 Å². The van der Waals surface area contributed by atoms with E-state index in [1.807, 2.05) is 4.90 Å². The van der Waals surface area contributed by atoms with Crippen molar-refractivity contribution in [2.45, 2.75) is 31.7 Å². The van der Waals surface area contributed by atoms with Gasteiger partial charge in [-0.25, -0.2) is 0 Å². The Bertz CT molecular complexity index is 1340. The predicted octanol–water partition coefficient (Wildman–Crippen LogP) is 7.78. The van der Waals surface area contributed by atoms with Crippen LogP contribution in [0, 0.1) is 0 Å². The highest BCUT2D eigenvalue weighted by atomic mass is 16.2. The van der Waals surface area contributed by atoms with Crippen LogP contribution in [0.5, 0.6) is 0 Å². The van der Waals surface area contributed by atoms with E-state index >= 15 is 0 Å². The van der Waals surface area contributed by atoms with Gasteiger partial charge in [0, 0.05) is 5.56 Å². The van der Waals surface area contributed by atoms with Crippen molar-refractivity contribution in [1.29, 1.82) is 0 Å². The van der Waals surface area contributed by atoms with Crippen LogP contribution in [0.15, 0.2) is 128 Å². The second-order valence-corrected chi connectivity index (χ2v) is 9.94. The van der Waals surface area contributed by atoms with Crippen LogP contribution < -0.4 is 4.90 Å². The van der Waals surface area contributed by atoms with Gasteiger partial charge in [0.15, 0.2) is 0 Å². The number of hydrogen-bond acceptors (Lipinski definition) is 1. The molecule has 0 radical (unpaired) electrons. The fraction of sp³-hybridized carbons (Fsp3) is 0.147. The molecule has 5 rings (SSSR count). The Morgan fingerprint density at radius 2 is 1.22 bits per heavy atom. The first-order chi connectivity index (χ1) is 17.4. The van der Waals surface area contributed by atoms with E-state index in [1.165, 1.54) is 22.8 Å². The molecule has 2 heteroatoms. The number of carbonyl (C=O) groups is 1. The van der Waals surface area contributed by atoms with Crippen LogP contribution >= 0.6 is 0 Å². The normalized spacial score (nSPS) is 14.5. The summed E-state index contributed by atoms with van der Waals surface area (Å²) in [4.78, 5) is 14.8. The Morgan fingerprint density at radius 3 is 1.67 bits per heavy atom. The van der Waals surface area contributed by atoms with E-state index in [1.54, 1.807) is 0 Å². The van der Waals surface area contributed by atoms with Crippen molar-refractivity contribution in [3.05, 3.63) is 156 Å². The zero-order valence-electron chi connectivity index (χ0n) is 21.1. The van der Waals surface area contributed by atoms with E-state index in [-0.39, 0.29) is 5.91 Å². The Hall–Kier alpha value is -4.17. The third kappa shape index (κ3) is 3.70. The van der Waals surface area contributed by atoms with E-state index in [0.29, 0.717) is 0 Å². The lowest BCUT2D eigenvalue weighted by Crippen LogP contribution is -2.48. The van der Waals surface area contributed by atoms with Crippen molar-refractivity contribution in [3.63, 3.8) is 0 Å². The Balaban J connectivity index is 1.86. The second kappa shape index (κ2) is 9.13. The molecule has 0 bridgehead atoms.